The number of aromatic nitrogens is 2. The Morgan fingerprint density at radius 3 is 2.83 bits per heavy atom. The van der Waals surface area contributed by atoms with Gasteiger partial charge in [-0.05, 0) is 18.1 Å². The maximum Gasteiger partial charge on any atom is 0.260 e. The molecule has 7 heteroatoms. The summed E-state index contributed by atoms with van der Waals surface area (Å²) in [5.74, 6) is 0.885. The molecule has 3 heterocycles. The summed E-state index contributed by atoms with van der Waals surface area (Å²) < 4.78 is 29.7. The largest absolute Gasteiger partial charge is 0.373 e. The van der Waals surface area contributed by atoms with Crippen LogP contribution in [0, 0.1) is 0 Å². The highest BCUT2D eigenvalue weighted by molar-refractivity contribution is 7.89. The second-order valence-corrected chi connectivity index (χ2v) is 8.04. The van der Waals surface area contributed by atoms with Gasteiger partial charge < -0.3 is 9.47 Å². The number of nitrogens with zero attached hydrogens (tertiary/aromatic N) is 4. The van der Waals surface area contributed by atoms with Gasteiger partial charge in [-0.3, -0.25) is 0 Å². The Labute approximate surface area is 136 Å². The van der Waals surface area contributed by atoms with E-state index in [-0.39, 0.29) is 0 Å². The summed E-state index contributed by atoms with van der Waals surface area (Å²) in [5, 5.41) is 0.340. The summed E-state index contributed by atoms with van der Waals surface area (Å²) in [5.41, 5.74) is 2.14. The van der Waals surface area contributed by atoms with E-state index in [1.165, 1.54) is 6.20 Å². The number of anilines is 1. The molecule has 0 amide bonds. The average molecular weight is 332 g/mol. The van der Waals surface area contributed by atoms with Crippen LogP contribution < -0.4 is 4.90 Å². The molecule has 0 spiro atoms. The van der Waals surface area contributed by atoms with E-state index in [0.29, 0.717) is 24.7 Å². The quantitative estimate of drug-likeness (QED) is 0.836. The third-order valence-electron chi connectivity index (χ3n) is 4.72. The van der Waals surface area contributed by atoms with Crippen molar-refractivity contribution >= 4 is 15.7 Å². The molecule has 0 radical (unpaired) electrons. The smallest absolute Gasteiger partial charge is 0.260 e. The molecule has 4 rings (SSSR count). The Morgan fingerprint density at radius 2 is 1.96 bits per heavy atom. The van der Waals surface area contributed by atoms with E-state index in [1.807, 2.05) is 35.9 Å². The molecule has 1 aromatic heterocycles. The molecular formula is C16H20N4O2S. The van der Waals surface area contributed by atoms with Crippen LogP contribution in [-0.4, -0.2) is 42.4 Å². The molecular weight excluding hydrogens is 312 g/mol. The normalized spacial score (nSPS) is 18.6. The van der Waals surface area contributed by atoms with Gasteiger partial charge in [-0.2, -0.15) is 4.31 Å². The minimum atomic E-state index is -3.53. The molecule has 6 nitrogen and oxygen atoms in total. The van der Waals surface area contributed by atoms with Gasteiger partial charge in [0.1, 0.15) is 5.82 Å². The number of imidazole rings is 1. The topological polar surface area (TPSA) is 58.4 Å². The number of hydrogen-bond donors (Lipinski definition) is 0. The second-order valence-electron chi connectivity index (χ2n) is 6.16. The third-order valence-corrected chi connectivity index (χ3v) is 6.57. The Morgan fingerprint density at radius 1 is 1.13 bits per heavy atom. The fourth-order valence-corrected chi connectivity index (χ4v) is 5.00. The molecule has 0 N–H and O–H groups in total. The maximum absolute atomic E-state index is 13.1. The van der Waals surface area contributed by atoms with Crippen LogP contribution in [0.15, 0.2) is 35.5 Å². The predicted molar refractivity (Wildman–Crippen MR) is 87.9 cm³/mol. The van der Waals surface area contributed by atoms with E-state index >= 15 is 0 Å². The highest BCUT2D eigenvalue weighted by Crippen LogP contribution is 2.28. The van der Waals surface area contributed by atoms with Gasteiger partial charge in [0.25, 0.3) is 10.0 Å². The van der Waals surface area contributed by atoms with E-state index in [2.05, 4.69) is 9.88 Å². The van der Waals surface area contributed by atoms with Gasteiger partial charge in [0, 0.05) is 45.3 Å². The first-order valence-corrected chi connectivity index (χ1v) is 9.35. The number of para-hydroxylation sites is 1. The summed E-state index contributed by atoms with van der Waals surface area (Å²) in [7, 11) is -1.52. The number of aryl methyl sites for hydroxylation is 1. The van der Waals surface area contributed by atoms with Crippen LogP contribution in [0.4, 0.5) is 5.69 Å². The Kier molecular flexibility index (Phi) is 3.42. The molecule has 23 heavy (non-hydrogen) atoms. The van der Waals surface area contributed by atoms with E-state index < -0.39 is 10.0 Å². The third kappa shape index (κ3) is 2.35. The van der Waals surface area contributed by atoms with Crippen molar-refractivity contribution in [1.82, 2.24) is 13.9 Å². The molecule has 122 valence electrons. The van der Waals surface area contributed by atoms with E-state index in [0.717, 1.165) is 36.5 Å². The minimum Gasteiger partial charge on any atom is -0.373 e. The van der Waals surface area contributed by atoms with Gasteiger partial charge in [-0.15, -0.1) is 0 Å². The van der Waals surface area contributed by atoms with Crippen molar-refractivity contribution in [2.24, 2.45) is 0 Å². The molecule has 2 aliphatic heterocycles. The van der Waals surface area contributed by atoms with Crippen molar-refractivity contribution in [1.29, 1.82) is 0 Å². The van der Waals surface area contributed by atoms with Crippen molar-refractivity contribution < 1.29 is 8.42 Å². The summed E-state index contributed by atoms with van der Waals surface area (Å²) in [6.45, 7) is 2.31. The lowest BCUT2D eigenvalue weighted by atomic mass is 10.1. The number of rotatable bonds is 2. The summed E-state index contributed by atoms with van der Waals surface area (Å²) in [4.78, 5) is 6.40. The first-order chi connectivity index (χ1) is 11.1. The van der Waals surface area contributed by atoms with E-state index in [1.54, 1.807) is 4.31 Å². The van der Waals surface area contributed by atoms with Crippen molar-refractivity contribution in [2.75, 3.05) is 25.0 Å². The number of sulfonamides is 1. The van der Waals surface area contributed by atoms with Crippen LogP contribution in [-0.2, 0) is 29.5 Å². The van der Waals surface area contributed by atoms with Gasteiger partial charge in [-0.25, -0.2) is 13.4 Å². The van der Waals surface area contributed by atoms with Crippen molar-refractivity contribution in [2.45, 2.75) is 31.0 Å². The van der Waals surface area contributed by atoms with Gasteiger partial charge in [0.05, 0.1) is 6.20 Å². The van der Waals surface area contributed by atoms with Crippen LogP contribution in [0.25, 0.3) is 0 Å². The molecule has 0 saturated carbocycles. The molecule has 0 fully saturated rings. The van der Waals surface area contributed by atoms with E-state index in [9.17, 15) is 8.42 Å². The van der Waals surface area contributed by atoms with Crippen molar-refractivity contribution in [3.8, 4) is 0 Å². The van der Waals surface area contributed by atoms with Gasteiger partial charge >= 0.3 is 0 Å². The molecule has 0 saturated heterocycles. The number of benzene rings is 1. The summed E-state index contributed by atoms with van der Waals surface area (Å²) in [6.07, 6.45) is 3.35. The van der Waals surface area contributed by atoms with Crippen LogP contribution in [0.5, 0.6) is 0 Å². The zero-order valence-corrected chi connectivity index (χ0v) is 14.0. The highest BCUT2D eigenvalue weighted by atomic mass is 32.2. The van der Waals surface area contributed by atoms with Crippen molar-refractivity contribution in [3.05, 3.63) is 41.9 Å². The van der Waals surface area contributed by atoms with E-state index in [4.69, 9.17) is 0 Å². The SMILES string of the molecule is CN1CCN(S(=O)(=O)c2cnc3n2CCC3)Cc2ccccc21. The Hall–Kier alpha value is -1.86. The number of hydrogen-bond acceptors (Lipinski definition) is 4. The van der Waals surface area contributed by atoms with Crippen LogP contribution >= 0.6 is 0 Å². The monoisotopic (exact) mass is 332 g/mol. The molecule has 2 aromatic rings. The predicted octanol–water partition coefficient (Wildman–Crippen LogP) is 1.47. The fraction of sp³-hybridized carbons (Fsp3) is 0.438. The van der Waals surface area contributed by atoms with Crippen LogP contribution in [0.3, 0.4) is 0 Å². The summed E-state index contributed by atoms with van der Waals surface area (Å²) >= 11 is 0. The lowest BCUT2D eigenvalue weighted by Crippen LogP contribution is -2.35. The zero-order valence-electron chi connectivity index (χ0n) is 13.1. The van der Waals surface area contributed by atoms with Gasteiger partial charge in [0.15, 0.2) is 5.03 Å². The molecule has 0 atom stereocenters. The maximum atomic E-state index is 13.1. The van der Waals surface area contributed by atoms with Crippen LogP contribution in [0.1, 0.15) is 17.8 Å². The average Bonchev–Trinajstić information content (AvgIpc) is 3.10. The minimum absolute atomic E-state index is 0.340. The standard InChI is InChI=1S/C16H20N4O2S/c1-18-9-10-19(12-13-5-2-3-6-14(13)18)23(21,22)16-11-17-15-7-4-8-20(15)16/h2-3,5-6,11H,4,7-10,12H2,1H3. The number of fused-ring (bicyclic) bond motifs is 2. The number of likely N-dealkylation sites (N-methyl/N-ethyl adjacent to an activating group) is 1. The lowest BCUT2D eigenvalue weighted by Gasteiger charge is -2.21. The first-order valence-electron chi connectivity index (χ1n) is 7.91. The highest BCUT2D eigenvalue weighted by Gasteiger charge is 2.32. The lowest BCUT2D eigenvalue weighted by molar-refractivity contribution is 0.414. The molecule has 0 unspecified atom stereocenters. The Bertz CT molecular complexity index is 844. The molecule has 2 aliphatic rings. The van der Waals surface area contributed by atoms with Gasteiger partial charge in [0.2, 0.25) is 0 Å². The molecule has 1 aromatic carbocycles. The zero-order chi connectivity index (χ0) is 16.0. The molecule has 0 bridgehead atoms. The van der Waals surface area contributed by atoms with Gasteiger partial charge in [-0.1, -0.05) is 18.2 Å². The first kappa shape index (κ1) is 14.7. The van der Waals surface area contributed by atoms with Crippen LogP contribution in [0.2, 0.25) is 0 Å². The molecule has 0 aliphatic carbocycles. The Balaban J connectivity index is 1.73. The second kappa shape index (κ2) is 5.35. The fourth-order valence-electron chi connectivity index (χ4n) is 3.44. The van der Waals surface area contributed by atoms with Crippen molar-refractivity contribution in [3.63, 3.8) is 0 Å². The summed E-state index contributed by atoms with van der Waals surface area (Å²) in [6, 6.07) is 7.99.